The van der Waals surface area contributed by atoms with Crippen molar-refractivity contribution in [3.63, 3.8) is 0 Å². The average molecular weight is 424 g/mol. The van der Waals surface area contributed by atoms with Crippen LogP contribution in [0.1, 0.15) is 11.1 Å². The number of hydrogen-bond acceptors (Lipinski definition) is 6. The van der Waals surface area contributed by atoms with Gasteiger partial charge in [0, 0.05) is 38.3 Å². The minimum Gasteiger partial charge on any atom is -0.319 e. The van der Waals surface area contributed by atoms with E-state index < -0.39 is 4.92 Å². The van der Waals surface area contributed by atoms with Crippen LogP contribution < -0.4 is 5.32 Å². The molecule has 2 aromatic rings. The highest BCUT2D eigenvalue weighted by Crippen LogP contribution is 2.24. The molecule has 0 atom stereocenters. The van der Waals surface area contributed by atoms with Crippen LogP contribution in [0.5, 0.6) is 0 Å². The molecule has 8 heteroatoms. The van der Waals surface area contributed by atoms with Crippen LogP contribution in [0.25, 0.3) is 0 Å². The van der Waals surface area contributed by atoms with E-state index in [4.69, 9.17) is 0 Å². The van der Waals surface area contributed by atoms with Gasteiger partial charge in [-0.1, -0.05) is 12.1 Å². The molecule has 0 aromatic heterocycles. The van der Waals surface area contributed by atoms with Crippen molar-refractivity contribution in [1.29, 1.82) is 0 Å². The van der Waals surface area contributed by atoms with Crippen molar-refractivity contribution >= 4 is 17.1 Å². The summed E-state index contributed by atoms with van der Waals surface area (Å²) in [5, 5.41) is 22.9. The fraction of sp³-hybridized carbons (Fsp3) is 0.478. The van der Waals surface area contributed by atoms with E-state index in [-0.39, 0.29) is 5.69 Å². The first-order valence-electron chi connectivity index (χ1n) is 11.1. The maximum Gasteiger partial charge on any atom is 0.269 e. The predicted molar refractivity (Wildman–Crippen MR) is 121 cm³/mol. The first kappa shape index (κ1) is 21.5. The van der Waals surface area contributed by atoms with E-state index in [9.17, 15) is 10.1 Å². The van der Waals surface area contributed by atoms with Gasteiger partial charge in [-0.15, -0.1) is 0 Å². The Morgan fingerprint density at radius 3 is 2.39 bits per heavy atom. The number of piperazine rings is 3. The third kappa shape index (κ3) is 5.52. The number of aryl methyl sites for hydroxylation is 1. The molecule has 2 aromatic carbocycles. The molecule has 0 saturated carbocycles. The Hall–Kier alpha value is -2.68. The highest BCUT2D eigenvalue weighted by molar-refractivity contribution is 5.48. The van der Waals surface area contributed by atoms with Crippen LogP contribution in [0, 0.1) is 17.0 Å². The zero-order valence-electron chi connectivity index (χ0n) is 18.2. The Labute approximate surface area is 183 Å². The van der Waals surface area contributed by atoms with Gasteiger partial charge >= 0.3 is 0 Å². The summed E-state index contributed by atoms with van der Waals surface area (Å²) in [5.74, 6) is 0. The molecule has 3 heterocycles. The van der Waals surface area contributed by atoms with Crippen molar-refractivity contribution in [1.82, 2.24) is 10.2 Å². The molecule has 2 bridgehead atoms. The second kappa shape index (κ2) is 9.64. The molecule has 0 unspecified atom stereocenters. The minimum atomic E-state index is -0.421. The van der Waals surface area contributed by atoms with Gasteiger partial charge in [0.1, 0.15) is 0 Å². The molecule has 1 N–H and O–H groups in total. The number of non-ortho nitro benzene ring substituents is 1. The number of nitro benzene ring substituents is 1. The molecule has 5 rings (SSSR count). The summed E-state index contributed by atoms with van der Waals surface area (Å²) < 4.78 is 1.30. The zero-order valence-corrected chi connectivity index (χ0v) is 18.2. The highest BCUT2D eigenvalue weighted by atomic mass is 16.6. The highest BCUT2D eigenvalue weighted by Gasteiger charge is 2.37. The lowest BCUT2D eigenvalue weighted by atomic mass is 10.1. The molecular formula is C23H31N6O2+. The summed E-state index contributed by atoms with van der Waals surface area (Å²) in [6.45, 7) is 13.1. The third-order valence-corrected chi connectivity index (χ3v) is 6.62. The van der Waals surface area contributed by atoms with E-state index in [0.29, 0.717) is 5.69 Å². The average Bonchev–Trinajstić information content (AvgIpc) is 2.80. The predicted octanol–water partition coefficient (Wildman–Crippen LogP) is 3.60. The molecule has 3 aliphatic heterocycles. The van der Waals surface area contributed by atoms with Crippen molar-refractivity contribution in [2.75, 3.05) is 58.9 Å². The van der Waals surface area contributed by atoms with E-state index in [2.05, 4.69) is 32.6 Å². The smallest absolute Gasteiger partial charge is 0.269 e. The molecule has 8 nitrogen and oxygen atoms in total. The van der Waals surface area contributed by atoms with Crippen molar-refractivity contribution in [3.8, 4) is 0 Å². The lowest BCUT2D eigenvalue weighted by Crippen LogP contribution is -2.68. The standard InChI is InChI=1S/C23H31N6O2/c1-19-18-20(8-9-24-10-14-29-15-11-27(12-16-29)13-17-29)2-7-23(19)26-25-21-3-5-22(6-4-21)28(30)31/h2-7,18,24H,8-17H2,1H3/q+1. The lowest BCUT2D eigenvalue weighted by Gasteiger charge is -2.50. The van der Waals surface area contributed by atoms with Gasteiger partial charge in [0.25, 0.3) is 5.69 Å². The molecule has 0 aliphatic carbocycles. The summed E-state index contributed by atoms with van der Waals surface area (Å²) >= 11 is 0. The van der Waals surface area contributed by atoms with E-state index in [0.717, 1.165) is 30.8 Å². The quantitative estimate of drug-likeness (QED) is 0.220. The fourth-order valence-corrected chi connectivity index (χ4v) is 4.48. The normalized spacial score (nSPS) is 22.8. The number of hydrogen-bond donors (Lipinski definition) is 1. The van der Waals surface area contributed by atoms with Crippen LogP contribution in [-0.2, 0) is 6.42 Å². The second-order valence-electron chi connectivity index (χ2n) is 8.67. The van der Waals surface area contributed by atoms with Gasteiger partial charge in [-0.25, -0.2) is 0 Å². The van der Waals surface area contributed by atoms with Crippen molar-refractivity contribution in [2.45, 2.75) is 13.3 Å². The number of quaternary nitrogens is 1. The molecule has 3 fully saturated rings. The monoisotopic (exact) mass is 423 g/mol. The van der Waals surface area contributed by atoms with Gasteiger partial charge in [0.05, 0.1) is 42.5 Å². The summed E-state index contributed by atoms with van der Waals surface area (Å²) in [7, 11) is 0. The number of fused-ring (bicyclic) bond motifs is 3. The molecule has 3 aliphatic rings. The van der Waals surface area contributed by atoms with E-state index in [1.807, 2.05) is 13.0 Å². The van der Waals surface area contributed by atoms with Gasteiger partial charge in [-0.3, -0.25) is 15.0 Å². The van der Waals surface area contributed by atoms with Gasteiger partial charge in [0.2, 0.25) is 0 Å². The Morgan fingerprint density at radius 2 is 1.74 bits per heavy atom. The Kier molecular flexibility index (Phi) is 6.70. The molecule has 0 amide bonds. The second-order valence-corrected chi connectivity index (χ2v) is 8.67. The first-order chi connectivity index (χ1) is 15.0. The molecule has 0 radical (unpaired) electrons. The van der Waals surface area contributed by atoms with Gasteiger partial charge < -0.3 is 9.80 Å². The van der Waals surface area contributed by atoms with E-state index in [1.165, 1.54) is 68.0 Å². The zero-order chi connectivity index (χ0) is 21.7. The molecule has 0 spiro atoms. The van der Waals surface area contributed by atoms with Crippen LogP contribution in [0.3, 0.4) is 0 Å². The SMILES string of the molecule is Cc1cc(CCNCC[N+]23CCN(CC2)CC3)ccc1N=Nc1ccc([N+](=O)[O-])cc1. The van der Waals surface area contributed by atoms with Gasteiger partial charge in [-0.05, 0) is 49.2 Å². The van der Waals surface area contributed by atoms with Gasteiger partial charge in [-0.2, -0.15) is 10.2 Å². The summed E-state index contributed by atoms with van der Waals surface area (Å²) in [6.07, 6.45) is 0.994. The Morgan fingerprint density at radius 1 is 1.03 bits per heavy atom. The number of nitrogens with zero attached hydrogens (tertiary/aromatic N) is 5. The number of rotatable bonds is 9. The maximum atomic E-state index is 10.7. The number of benzene rings is 2. The third-order valence-electron chi connectivity index (χ3n) is 6.62. The Bertz CT molecular complexity index is 922. The summed E-state index contributed by atoms with van der Waals surface area (Å²) in [5.41, 5.74) is 3.83. The summed E-state index contributed by atoms with van der Waals surface area (Å²) in [6, 6.07) is 12.3. The Balaban J connectivity index is 1.23. The van der Waals surface area contributed by atoms with Crippen LogP contribution in [0.4, 0.5) is 17.1 Å². The van der Waals surface area contributed by atoms with E-state index in [1.54, 1.807) is 12.1 Å². The number of nitro groups is 1. The summed E-state index contributed by atoms with van der Waals surface area (Å²) in [4.78, 5) is 12.9. The van der Waals surface area contributed by atoms with Gasteiger partial charge in [0.15, 0.2) is 0 Å². The topological polar surface area (TPSA) is 83.1 Å². The van der Waals surface area contributed by atoms with Crippen molar-refractivity contribution in [2.24, 2.45) is 10.2 Å². The van der Waals surface area contributed by atoms with Crippen molar-refractivity contribution in [3.05, 3.63) is 63.7 Å². The lowest BCUT2D eigenvalue weighted by molar-refractivity contribution is -0.939. The molecular weight excluding hydrogens is 392 g/mol. The largest absolute Gasteiger partial charge is 0.319 e. The molecule has 3 saturated heterocycles. The first-order valence-corrected chi connectivity index (χ1v) is 11.1. The minimum absolute atomic E-state index is 0.0517. The molecule has 164 valence electrons. The van der Waals surface area contributed by atoms with Crippen LogP contribution in [0.15, 0.2) is 52.7 Å². The van der Waals surface area contributed by atoms with Crippen molar-refractivity contribution < 1.29 is 9.41 Å². The maximum absolute atomic E-state index is 10.7. The van der Waals surface area contributed by atoms with Crippen LogP contribution in [0.2, 0.25) is 0 Å². The molecule has 31 heavy (non-hydrogen) atoms. The number of nitrogens with one attached hydrogen (secondary N) is 1. The van der Waals surface area contributed by atoms with Crippen LogP contribution >= 0.6 is 0 Å². The fourth-order valence-electron chi connectivity index (χ4n) is 4.48. The van der Waals surface area contributed by atoms with Crippen LogP contribution in [-0.4, -0.2) is 73.2 Å². The van der Waals surface area contributed by atoms with E-state index >= 15 is 0 Å². The number of azo groups is 1.